The minimum absolute atomic E-state index is 0.287. The number of anilines is 3. The lowest BCUT2D eigenvalue weighted by atomic mass is 10.1. The van der Waals surface area contributed by atoms with Gasteiger partial charge >= 0.3 is 5.97 Å². The second-order valence-corrected chi connectivity index (χ2v) is 6.35. The summed E-state index contributed by atoms with van der Waals surface area (Å²) in [7, 11) is 1.34. The van der Waals surface area contributed by atoms with Crippen LogP contribution in [0.25, 0.3) is 0 Å². The lowest BCUT2D eigenvalue weighted by molar-refractivity contribution is 0.0601. The minimum Gasteiger partial charge on any atom is -0.465 e. The van der Waals surface area contributed by atoms with Crippen LogP contribution in [0.15, 0.2) is 60.8 Å². The molecule has 6 heteroatoms. The summed E-state index contributed by atoms with van der Waals surface area (Å²) < 4.78 is 4.79. The topological polar surface area (TPSA) is 80.3 Å². The molecule has 6 nitrogen and oxygen atoms in total. The number of ether oxygens (including phenoxy) is 1. The van der Waals surface area contributed by atoms with Crippen LogP contribution in [-0.2, 0) is 4.74 Å². The monoisotopic (exact) mass is 375 g/mol. The number of aryl methyl sites for hydroxylation is 2. The number of benzene rings is 2. The van der Waals surface area contributed by atoms with Crippen molar-refractivity contribution in [3.05, 3.63) is 83.2 Å². The van der Waals surface area contributed by atoms with Crippen molar-refractivity contribution in [2.75, 3.05) is 17.7 Å². The summed E-state index contributed by atoms with van der Waals surface area (Å²) in [4.78, 5) is 28.5. The van der Waals surface area contributed by atoms with Gasteiger partial charge in [-0.05, 0) is 61.4 Å². The molecule has 1 amide bonds. The van der Waals surface area contributed by atoms with Gasteiger partial charge in [0.15, 0.2) is 0 Å². The molecule has 0 aliphatic rings. The first-order valence-electron chi connectivity index (χ1n) is 8.77. The van der Waals surface area contributed by atoms with Gasteiger partial charge in [0, 0.05) is 5.69 Å². The first kappa shape index (κ1) is 19.1. The summed E-state index contributed by atoms with van der Waals surface area (Å²) >= 11 is 0. The van der Waals surface area contributed by atoms with Crippen molar-refractivity contribution in [2.45, 2.75) is 13.8 Å². The molecule has 0 bridgehead atoms. The molecule has 2 aromatic carbocycles. The van der Waals surface area contributed by atoms with Crippen LogP contribution in [0.3, 0.4) is 0 Å². The Kier molecular flexibility index (Phi) is 5.69. The van der Waals surface area contributed by atoms with Crippen molar-refractivity contribution in [3.8, 4) is 0 Å². The smallest absolute Gasteiger partial charge is 0.339 e. The largest absolute Gasteiger partial charge is 0.465 e. The van der Waals surface area contributed by atoms with Crippen LogP contribution in [0.5, 0.6) is 0 Å². The molecule has 0 aliphatic carbocycles. The predicted octanol–water partition coefficient (Wildman–Crippen LogP) is 4.48. The van der Waals surface area contributed by atoms with E-state index in [1.165, 1.54) is 12.7 Å². The molecule has 0 fully saturated rings. The summed E-state index contributed by atoms with van der Waals surface area (Å²) in [6.07, 6.45) is 1.55. The Balaban J connectivity index is 1.72. The van der Waals surface area contributed by atoms with Crippen LogP contribution in [-0.4, -0.2) is 24.0 Å². The van der Waals surface area contributed by atoms with Gasteiger partial charge < -0.3 is 15.4 Å². The van der Waals surface area contributed by atoms with Gasteiger partial charge in [-0.25, -0.2) is 9.78 Å². The highest BCUT2D eigenvalue weighted by Crippen LogP contribution is 2.21. The molecule has 0 atom stereocenters. The second kappa shape index (κ2) is 8.35. The fourth-order valence-electron chi connectivity index (χ4n) is 2.65. The van der Waals surface area contributed by atoms with Crippen molar-refractivity contribution in [1.82, 2.24) is 4.98 Å². The Morgan fingerprint density at radius 3 is 2.36 bits per heavy atom. The maximum absolute atomic E-state index is 12.4. The highest BCUT2D eigenvalue weighted by molar-refractivity contribution is 6.03. The van der Waals surface area contributed by atoms with Crippen LogP contribution < -0.4 is 10.6 Å². The maximum Gasteiger partial charge on any atom is 0.339 e. The van der Waals surface area contributed by atoms with E-state index in [-0.39, 0.29) is 5.91 Å². The van der Waals surface area contributed by atoms with Gasteiger partial charge in [-0.15, -0.1) is 0 Å². The van der Waals surface area contributed by atoms with E-state index in [4.69, 9.17) is 4.74 Å². The van der Waals surface area contributed by atoms with Crippen LogP contribution in [0.2, 0.25) is 0 Å². The van der Waals surface area contributed by atoms with E-state index < -0.39 is 5.97 Å². The normalized spacial score (nSPS) is 10.2. The number of hydrogen-bond acceptors (Lipinski definition) is 5. The number of carbonyl (C=O) groups is 2. The number of carbonyl (C=O) groups excluding carboxylic acids is 2. The first-order valence-corrected chi connectivity index (χ1v) is 8.77. The zero-order valence-electron chi connectivity index (χ0n) is 15.9. The van der Waals surface area contributed by atoms with E-state index in [1.54, 1.807) is 36.5 Å². The van der Waals surface area contributed by atoms with Gasteiger partial charge in [-0.2, -0.15) is 0 Å². The molecule has 0 radical (unpaired) electrons. The van der Waals surface area contributed by atoms with Crippen LogP contribution in [0.1, 0.15) is 32.0 Å². The SMILES string of the molecule is COC(=O)c1ccccc1Nc1ccc(C(=O)Nc2ccc(C)c(C)c2)nc1. The molecule has 2 N–H and O–H groups in total. The molecule has 142 valence electrons. The lowest BCUT2D eigenvalue weighted by Crippen LogP contribution is -2.14. The maximum atomic E-state index is 12.4. The highest BCUT2D eigenvalue weighted by Gasteiger charge is 2.12. The molecule has 1 aromatic heterocycles. The van der Waals surface area contributed by atoms with Crippen LogP contribution in [0.4, 0.5) is 17.1 Å². The Labute approximate surface area is 163 Å². The van der Waals surface area contributed by atoms with E-state index in [0.717, 1.165) is 11.3 Å². The molecule has 0 saturated heterocycles. The number of methoxy groups -OCH3 is 1. The summed E-state index contributed by atoms with van der Waals surface area (Å²) in [6, 6.07) is 16.1. The van der Waals surface area contributed by atoms with Crippen molar-refractivity contribution in [2.24, 2.45) is 0 Å². The van der Waals surface area contributed by atoms with Gasteiger partial charge in [-0.3, -0.25) is 4.79 Å². The minimum atomic E-state index is -0.430. The van der Waals surface area contributed by atoms with E-state index >= 15 is 0 Å². The quantitative estimate of drug-likeness (QED) is 0.643. The number of esters is 1. The molecule has 28 heavy (non-hydrogen) atoms. The lowest BCUT2D eigenvalue weighted by Gasteiger charge is -2.11. The third-order valence-electron chi connectivity index (χ3n) is 4.37. The molecule has 0 saturated carbocycles. The fraction of sp³-hybridized carbons (Fsp3) is 0.136. The van der Waals surface area contributed by atoms with Crippen molar-refractivity contribution >= 4 is 28.9 Å². The Morgan fingerprint density at radius 2 is 1.68 bits per heavy atom. The Morgan fingerprint density at radius 1 is 0.929 bits per heavy atom. The Hall–Kier alpha value is -3.67. The number of amides is 1. The van der Waals surface area contributed by atoms with E-state index in [0.29, 0.717) is 22.6 Å². The second-order valence-electron chi connectivity index (χ2n) is 6.35. The molecule has 0 aliphatic heterocycles. The number of aromatic nitrogens is 1. The number of para-hydroxylation sites is 1. The van der Waals surface area contributed by atoms with Gasteiger partial charge in [0.05, 0.1) is 30.2 Å². The third-order valence-corrected chi connectivity index (χ3v) is 4.37. The van der Waals surface area contributed by atoms with Gasteiger partial charge in [0.25, 0.3) is 5.91 Å². The van der Waals surface area contributed by atoms with Crippen LogP contribution >= 0.6 is 0 Å². The molecule has 0 spiro atoms. The summed E-state index contributed by atoms with van der Waals surface area (Å²) in [5, 5.41) is 5.97. The fourth-order valence-corrected chi connectivity index (χ4v) is 2.65. The van der Waals surface area contributed by atoms with E-state index in [9.17, 15) is 9.59 Å². The van der Waals surface area contributed by atoms with Crippen molar-refractivity contribution < 1.29 is 14.3 Å². The number of nitrogens with zero attached hydrogens (tertiary/aromatic N) is 1. The zero-order chi connectivity index (χ0) is 20.1. The first-order chi connectivity index (χ1) is 13.5. The predicted molar refractivity (Wildman–Crippen MR) is 109 cm³/mol. The molecular weight excluding hydrogens is 354 g/mol. The number of rotatable bonds is 5. The van der Waals surface area contributed by atoms with E-state index in [1.807, 2.05) is 38.1 Å². The average molecular weight is 375 g/mol. The molecule has 1 heterocycles. The van der Waals surface area contributed by atoms with Crippen molar-refractivity contribution in [1.29, 1.82) is 0 Å². The highest BCUT2D eigenvalue weighted by atomic mass is 16.5. The van der Waals surface area contributed by atoms with Gasteiger partial charge in [0.2, 0.25) is 0 Å². The summed E-state index contributed by atoms with van der Waals surface area (Å²) in [5.74, 6) is -0.717. The van der Waals surface area contributed by atoms with E-state index in [2.05, 4.69) is 15.6 Å². The number of pyridine rings is 1. The molecular formula is C22H21N3O3. The molecule has 3 aromatic rings. The summed E-state index contributed by atoms with van der Waals surface area (Å²) in [5.41, 5.74) is 4.96. The average Bonchev–Trinajstić information content (AvgIpc) is 2.71. The molecule has 0 unspecified atom stereocenters. The standard InChI is InChI=1S/C22H21N3O3/c1-14-8-9-16(12-15(14)2)25-21(26)20-11-10-17(13-23-20)24-19-7-5-4-6-18(19)22(27)28-3/h4-13,24H,1-3H3,(H,25,26). The molecule has 3 rings (SSSR count). The summed E-state index contributed by atoms with van der Waals surface area (Å²) in [6.45, 7) is 4.02. The number of nitrogens with one attached hydrogen (secondary N) is 2. The number of hydrogen-bond donors (Lipinski definition) is 2. The Bertz CT molecular complexity index is 1010. The van der Waals surface area contributed by atoms with Gasteiger partial charge in [0.1, 0.15) is 5.69 Å². The van der Waals surface area contributed by atoms with Gasteiger partial charge in [-0.1, -0.05) is 18.2 Å². The van der Waals surface area contributed by atoms with Crippen LogP contribution in [0, 0.1) is 13.8 Å². The third kappa shape index (κ3) is 4.35. The zero-order valence-corrected chi connectivity index (χ0v) is 15.9. The van der Waals surface area contributed by atoms with Crippen molar-refractivity contribution in [3.63, 3.8) is 0 Å².